The fraction of sp³-hybridized carbons (Fsp3) is 0.160. The van der Waals surface area contributed by atoms with Crippen molar-refractivity contribution in [3.63, 3.8) is 0 Å². The number of rotatable bonds is 4. The lowest BCUT2D eigenvalue weighted by molar-refractivity contribution is 0.580. The summed E-state index contributed by atoms with van der Waals surface area (Å²) in [7, 11) is 0. The van der Waals surface area contributed by atoms with Gasteiger partial charge >= 0.3 is 0 Å². The van der Waals surface area contributed by atoms with E-state index < -0.39 is 0 Å². The van der Waals surface area contributed by atoms with Gasteiger partial charge in [0, 0.05) is 28.4 Å². The number of aromatic nitrogens is 3. The van der Waals surface area contributed by atoms with Gasteiger partial charge in [-0.1, -0.05) is 48.0 Å². The zero-order chi connectivity index (χ0) is 20.7. The van der Waals surface area contributed by atoms with E-state index in [0.29, 0.717) is 13.0 Å². The minimum Gasteiger partial charge on any atom is -0.267 e. The van der Waals surface area contributed by atoms with Gasteiger partial charge in [0.15, 0.2) is 0 Å². The summed E-state index contributed by atoms with van der Waals surface area (Å²) < 4.78 is 2.49. The van der Waals surface area contributed by atoms with Gasteiger partial charge in [0.05, 0.1) is 28.3 Å². The van der Waals surface area contributed by atoms with Crippen molar-refractivity contribution in [1.29, 1.82) is 0 Å². The van der Waals surface area contributed by atoms with Crippen LogP contribution in [0, 0.1) is 13.8 Å². The Morgan fingerprint density at radius 1 is 1.00 bits per heavy atom. The highest BCUT2D eigenvalue weighted by molar-refractivity contribution is 7.17. The summed E-state index contributed by atoms with van der Waals surface area (Å²) >= 11 is 1.57. The third-order valence-corrected chi connectivity index (χ3v) is 6.41. The summed E-state index contributed by atoms with van der Waals surface area (Å²) in [4.78, 5) is 18.0. The molecule has 0 saturated heterocycles. The van der Waals surface area contributed by atoms with Gasteiger partial charge in [-0.3, -0.25) is 9.78 Å². The van der Waals surface area contributed by atoms with Crippen molar-refractivity contribution in [2.24, 2.45) is 0 Å². The number of benzene rings is 2. The SMILES string of the molecule is Cc1ccc(-c2csc3cnn(CCc4ccc5ccccc5n4)c(=O)c23)c(C)c1. The number of aryl methyl sites for hydroxylation is 4. The van der Waals surface area contributed by atoms with E-state index in [2.05, 4.69) is 54.7 Å². The highest BCUT2D eigenvalue weighted by Crippen LogP contribution is 2.33. The Morgan fingerprint density at radius 3 is 2.73 bits per heavy atom. The van der Waals surface area contributed by atoms with Gasteiger partial charge in [0.1, 0.15) is 0 Å². The second kappa shape index (κ2) is 7.50. The number of hydrogen-bond acceptors (Lipinski definition) is 4. The first-order chi connectivity index (χ1) is 14.6. The van der Waals surface area contributed by atoms with Crippen molar-refractivity contribution in [2.75, 3.05) is 0 Å². The molecule has 3 aromatic heterocycles. The summed E-state index contributed by atoms with van der Waals surface area (Å²) in [5.74, 6) is 0. The highest BCUT2D eigenvalue weighted by atomic mass is 32.1. The number of hydrogen-bond donors (Lipinski definition) is 0. The lowest BCUT2D eigenvalue weighted by atomic mass is 9.99. The van der Waals surface area contributed by atoms with E-state index in [0.717, 1.165) is 37.8 Å². The molecule has 4 nitrogen and oxygen atoms in total. The number of para-hydroxylation sites is 1. The predicted octanol–water partition coefficient (Wildman–Crippen LogP) is 5.53. The van der Waals surface area contributed by atoms with E-state index in [1.54, 1.807) is 16.0 Å². The molecule has 30 heavy (non-hydrogen) atoms. The molecule has 0 radical (unpaired) electrons. The number of thiophene rings is 1. The molecule has 0 spiro atoms. The van der Waals surface area contributed by atoms with Gasteiger partial charge in [-0.15, -0.1) is 11.3 Å². The van der Waals surface area contributed by atoms with Crippen molar-refractivity contribution in [3.8, 4) is 11.1 Å². The zero-order valence-electron chi connectivity index (χ0n) is 16.9. The zero-order valence-corrected chi connectivity index (χ0v) is 17.7. The molecule has 0 atom stereocenters. The Hall–Kier alpha value is -3.31. The van der Waals surface area contributed by atoms with Crippen LogP contribution in [0.1, 0.15) is 16.8 Å². The lowest BCUT2D eigenvalue weighted by Gasteiger charge is -2.08. The van der Waals surface area contributed by atoms with Crippen LogP contribution in [0.2, 0.25) is 0 Å². The first-order valence-corrected chi connectivity index (χ1v) is 10.9. The quantitative estimate of drug-likeness (QED) is 0.390. The van der Waals surface area contributed by atoms with Gasteiger partial charge in [-0.05, 0) is 37.1 Å². The molecule has 0 aliphatic heterocycles. The van der Waals surface area contributed by atoms with E-state index >= 15 is 0 Å². The number of pyridine rings is 1. The molecule has 0 amide bonds. The maximum atomic E-state index is 13.3. The largest absolute Gasteiger partial charge is 0.276 e. The summed E-state index contributed by atoms with van der Waals surface area (Å²) in [6.07, 6.45) is 2.47. The van der Waals surface area contributed by atoms with Gasteiger partial charge in [-0.2, -0.15) is 5.10 Å². The van der Waals surface area contributed by atoms with Crippen molar-refractivity contribution < 1.29 is 0 Å². The molecule has 5 rings (SSSR count). The van der Waals surface area contributed by atoms with Crippen LogP contribution in [0.4, 0.5) is 0 Å². The molecular weight excluding hydrogens is 390 g/mol. The van der Waals surface area contributed by atoms with Crippen LogP contribution < -0.4 is 5.56 Å². The van der Waals surface area contributed by atoms with Crippen LogP contribution in [0.5, 0.6) is 0 Å². The van der Waals surface area contributed by atoms with E-state index in [1.807, 2.05) is 30.5 Å². The summed E-state index contributed by atoms with van der Waals surface area (Å²) in [6.45, 7) is 4.68. The Bertz CT molecular complexity index is 1450. The third kappa shape index (κ3) is 3.31. The Labute approximate surface area is 178 Å². The first kappa shape index (κ1) is 18.7. The van der Waals surface area contributed by atoms with E-state index in [1.165, 1.54) is 11.1 Å². The molecule has 0 saturated carbocycles. The number of nitrogens with zero attached hydrogens (tertiary/aromatic N) is 3. The number of fused-ring (bicyclic) bond motifs is 2. The molecule has 5 aromatic rings. The maximum Gasteiger partial charge on any atom is 0.276 e. The van der Waals surface area contributed by atoms with E-state index in [-0.39, 0.29) is 5.56 Å². The predicted molar refractivity (Wildman–Crippen MR) is 124 cm³/mol. The molecule has 3 heterocycles. The molecule has 0 fully saturated rings. The average Bonchev–Trinajstić information content (AvgIpc) is 3.18. The Kier molecular flexibility index (Phi) is 4.68. The van der Waals surface area contributed by atoms with Gasteiger partial charge in [0.2, 0.25) is 0 Å². The fourth-order valence-electron chi connectivity index (χ4n) is 3.93. The molecule has 148 valence electrons. The monoisotopic (exact) mass is 411 g/mol. The van der Waals surface area contributed by atoms with Gasteiger partial charge in [-0.25, -0.2) is 4.68 Å². The Balaban J connectivity index is 1.50. The van der Waals surface area contributed by atoms with Crippen LogP contribution in [0.3, 0.4) is 0 Å². The van der Waals surface area contributed by atoms with Crippen LogP contribution in [-0.4, -0.2) is 14.8 Å². The van der Waals surface area contributed by atoms with Crippen molar-refractivity contribution >= 4 is 32.3 Å². The molecule has 0 N–H and O–H groups in total. The van der Waals surface area contributed by atoms with Crippen LogP contribution >= 0.6 is 11.3 Å². The highest BCUT2D eigenvalue weighted by Gasteiger charge is 2.14. The average molecular weight is 412 g/mol. The molecule has 0 aliphatic rings. The minimum absolute atomic E-state index is 0.0375. The topological polar surface area (TPSA) is 47.8 Å². The Morgan fingerprint density at radius 2 is 1.87 bits per heavy atom. The molecular formula is C25H21N3OS. The maximum absolute atomic E-state index is 13.3. The van der Waals surface area contributed by atoms with Crippen LogP contribution in [-0.2, 0) is 13.0 Å². The lowest BCUT2D eigenvalue weighted by Crippen LogP contribution is -2.23. The standard InChI is InChI=1S/C25H21N3OS/c1-16-7-10-20(17(2)13-16)21-15-30-23-14-26-28(25(29)24(21)23)12-11-19-9-8-18-5-3-4-6-22(18)27-19/h3-10,13-15H,11-12H2,1-2H3. The summed E-state index contributed by atoms with van der Waals surface area (Å²) in [5.41, 5.74) is 6.40. The van der Waals surface area contributed by atoms with E-state index in [4.69, 9.17) is 4.98 Å². The minimum atomic E-state index is -0.0375. The second-order valence-corrected chi connectivity index (χ2v) is 8.54. The van der Waals surface area contributed by atoms with Crippen molar-refractivity contribution in [1.82, 2.24) is 14.8 Å². The van der Waals surface area contributed by atoms with Gasteiger partial charge in [0.25, 0.3) is 5.56 Å². The molecule has 0 bridgehead atoms. The summed E-state index contributed by atoms with van der Waals surface area (Å²) in [6, 6.07) is 18.5. The van der Waals surface area contributed by atoms with Crippen molar-refractivity contribution in [3.05, 3.63) is 93.3 Å². The van der Waals surface area contributed by atoms with Crippen molar-refractivity contribution in [2.45, 2.75) is 26.8 Å². The van der Waals surface area contributed by atoms with Gasteiger partial charge < -0.3 is 0 Å². The molecule has 2 aromatic carbocycles. The van der Waals surface area contributed by atoms with Crippen LogP contribution in [0.15, 0.2) is 71.0 Å². The second-order valence-electron chi connectivity index (χ2n) is 7.63. The summed E-state index contributed by atoms with van der Waals surface area (Å²) in [5, 5.41) is 8.36. The third-order valence-electron chi connectivity index (χ3n) is 5.49. The fourth-order valence-corrected chi connectivity index (χ4v) is 4.85. The molecule has 0 unspecified atom stereocenters. The van der Waals surface area contributed by atoms with E-state index in [9.17, 15) is 4.79 Å². The first-order valence-electron chi connectivity index (χ1n) is 10.00. The van der Waals surface area contributed by atoms with Crippen LogP contribution in [0.25, 0.3) is 32.1 Å². The molecule has 0 aliphatic carbocycles. The normalized spacial score (nSPS) is 11.4. The molecule has 5 heteroatoms. The smallest absolute Gasteiger partial charge is 0.267 e.